The summed E-state index contributed by atoms with van der Waals surface area (Å²) in [5.74, 6) is -0.691. The molecule has 0 aromatic heterocycles. The topological polar surface area (TPSA) is 88.2 Å². The third kappa shape index (κ3) is 6.60. The molecule has 190 valence electrons. The van der Waals surface area contributed by atoms with Crippen LogP contribution in [0.25, 0.3) is 0 Å². The number of amides is 2. The number of carbonyl (C=O) groups excluding carboxylic acids is 3. The van der Waals surface area contributed by atoms with Gasteiger partial charge in [-0.2, -0.15) is 0 Å². The molecular formula is C26H34ClN3O5. The first-order valence-corrected chi connectivity index (χ1v) is 11.2. The lowest BCUT2D eigenvalue weighted by Gasteiger charge is -2.32. The number of ether oxygens (including phenoxy) is 2. The van der Waals surface area contributed by atoms with Gasteiger partial charge in [-0.1, -0.05) is 12.1 Å². The molecule has 1 unspecified atom stereocenters. The summed E-state index contributed by atoms with van der Waals surface area (Å²) in [7, 11) is 4.91. The van der Waals surface area contributed by atoms with Crippen molar-refractivity contribution in [3.8, 4) is 0 Å². The molecule has 0 saturated heterocycles. The Bertz CT molecular complexity index is 1070. The molecule has 1 heterocycles. The van der Waals surface area contributed by atoms with Gasteiger partial charge in [0.1, 0.15) is 18.2 Å². The van der Waals surface area contributed by atoms with E-state index in [9.17, 15) is 14.4 Å². The van der Waals surface area contributed by atoms with E-state index < -0.39 is 17.6 Å². The lowest BCUT2D eigenvalue weighted by molar-refractivity contribution is -0.122. The second-order valence-electron chi connectivity index (χ2n) is 9.31. The Labute approximate surface area is 213 Å². The molecule has 1 aliphatic heterocycles. The number of halogens is 1. The number of likely N-dealkylation sites (N-methyl/N-ethyl adjacent to an activating group) is 2. The molecule has 0 fully saturated rings. The molecule has 0 aliphatic carbocycles. The molecule has 0 bridgehead atoms. The number of nitrogens with one attached hydrogen (secondary N) is 1. The van der Waals surface area contributed by atoms with Gasteiger partial charge in [0.15, 0.2) is 0 Å². The molecule has 0 saturated carbocycles. The highest BCUT2D eigenvalue weighted by atomic mass is 35.5. The monoisotopic (exact) mass is 503 g/mol. The average Bonchev–Trinajstić information content (AvgIpc) is 2.81. The van der Waals surface area contributed by atoms with Crippen LogP contribution in [0.4, 0.5) is 11.4 Å². The molecule has 2 aromatic carbocycles. The molecular weight excluding hydrogens is 470 g/mol. The summed E-state index contributed by atoms with van der Waals surface area (Å²) >= 11 is 0. The zero-order chi connectivity index (χ0) is 25.0. The highest BCUT2D eigenvalue weighted by Crippen LogP contribution is 2.32. The number of esters is 1. The molecule has 2 amide bonds. The minimum Gasteiger partial charge on any atom is -0.456 e. The van der Waals surface area contributed by atoms with Crippen LogP contribution in [-0.4, -0.2) is 57.7 Å². The van der Waals surface area contributed by atoms with Gasteiger partial charge in [-0.15, -0.1) is 12.4 Å². The smallest absolute Gasteiger partial charge is 0.338 e. The van der Waals surface area contributed by atoms with Crippen molar-refractivity contribution in [1.82, 2.24) is 5.32 Å². The van der Waals surface area contributed by atoms with Crippen molar-refractivity contribution >= 4 is 41.6 Å². The molecule has 9 heteroatoms. The Kier molecular flexibility index (Phi) is 9.43. The van der Waals surface area contributed by atoms with Gasteiger partial charge < -0.3 is 24.6 Å². The van der Waals surface area contributed by atoms with Gasteiger partial charge in [0.25, 0.3) is 5.91 Å². The van der Waals surface area contributed by atoms with Crippen LogP contribution in [0.3, 0.4) is 0 Å². The van der Waals surface area contributed by atoms with Crippen LogP contribution in [-0.2, 0) is 25.5 Å². The molecule has 35 heavy (non-hydrogen) atoms. The normalized spacial score (nSPS) is 14.9. The standard InChI is InChI=1S/C26H33N3O5.ClH/c1-26(2,3)34-25(32)17-10-12-18(13-11-17)28(4)24(31)23-20-8-7-9-21(19(20)14-15-27-23)29(5)22(30)16-33-6;/h7-13,23,27H,14-16H2,1-6H3;1H. The number of carbonyl (C=O) groups is 3. The summed E-state index contributed by atoms with van der Waals surface area (Å²) in [6.45, 7) is 6.05. The second kappa shape index (κ2) is 11.7. The molecule has 1 N–H and O–H groups in total. The summed E-state index contributed by atoms with van der Waals surface area (Å²) in [5, 5.41) is 3.31. The lowest BCUT2D eigenvalue weighted by atomic mass is 9.91. The highest BCUT2D eigenvalue weighted by molar-refractivity contribution is 5.99. The van der Waals surface area contributed by atoms with Crippen LogP contribution >= 0.6 is 12.4 Å². The Hall–Kier alpha value is -2.94. The highest BCUT2D eigenvalue weighted by Gasteiger charge is 2.31. The van der Waals surface area contributed by atoms with Gasteiger partial charge >= 0.3 is 5.97 Å². The van der Waals surface area contributed by atoms with E-state index in [0.717, 1.165) is 16.8 Å². The zero-order valence-corrected chi connectivity index (χ0v) is 21.9. The predicted molar refractivity (Wildman–Crippen MR) is 138 cm³/mol. The minimum absolute atomic E-state index is 0. The molecule has 1 aliphatic rings. The third-order valence-electron chi connectivity index (χ3n) is 5.69. The van der Waals surface area contributed by atoms with E-state index in [0.29, 0.717) is 24.2 Å². The lowest BCUT2D eigenvalue weighted by Crippen LogP contribution is -2.43. The molecule has 2 aromatic rings. The number of hydrogen-bond donors (Lipinski definition) is 1. The van der Waals surface area contributed by atoms with E-state index in [1.54, 1.807) is 48.2 Å². The molecule has 3 rings (SSSR count). The van der Waals surface area contributed by atoms with Gasteiger partial charge in [-0.25, -0.2) is 4.79 Å². The Morgan fingerprint density at radius 2 is 1.69 bits per heavy atom. The molecule has 8 nitrogen and oxygen atoms in total. The number of benzene rings is 2. The van der Waals surface area contributed by atoms with Crippen LogP contribution in [0.15, 0.2) is 42.5 Å². The van der Waals surface area contributed by atoms with E-state index in [2.05, 4.69) is 5.32 Å². The maximum atomic E-state index is 13.5. The van der Waals surface area contributed by atoms with Gasteiger partial charge in [0.2, 0.25) is 5.91 Å². The summed E-state index contributed by atoms with van der Waals surface area (Å²) in [5.41, 5.74) is 3.11. The van der Waals surface area contributed by atoms with Gasteiger partial charge in [-0.05, 0) is 68.7 Å². The fourth-order valence-corrected chi connectivity index (χ4v) is 3.95. The van der Waals surface area contributed by atoms with Crippen LogP contribution in [0, 0.1) is 0 Å². The van der Waals surface area contributed by atoms with E-state index in [-0.39, 0.29) is 30.8 Å². The first-order chi connectivity index (χ1) is 16.0. The second-order valence-corrected chi connectivity index (χ2v) is 9.31. The van der Waals surface area contributed by atoms with Crippen LogP contribution in [0.1, 0.15) is 48.3 Å². The van der Waals surface area contributed by atoms with Gasteiger partial charge in [0, 0.05) is 39.1 Å². The Balaban J connectivity index is 0.00000432. The van der Waals surface area contributed by atoms with Crippen LogP contribution < -0.4 is 15.1 Å². The summed E-state index contributed by atoms with van der Waals surface area (Å²) in [6, 6.07) is 11.9. The van der Waals surface area contributed by atoms with Gasteiger partial charge in [-0.3, -0.25) is 9.59 Å². The van der Waals surface area contributed by atoms with Crippen molar-refractivity contribution in [2.45, 2.75) is 38.8 Å². The third-order valence-corrected chi connectivity index (χ3v) is 5.69. The minimum atomic E-state index is -0.580. The van der Waals surface area contributed by atoms with Crippen molar-refractivity contribution in [2.24, 2.45) is 0 Å². The summed E-state index contributed by atoms with van der Waals surface area (Å²) < 4.78 is 10.4. The number of rotatable bonds is 6. The maximum absolute atomic E-state index is 13.5. The van der Waals surface area contributed by atoms with Crippen molar-refractivity contribution in [2.75, 3.05) is 44.2 Å². The van der Waals surface area contributed by atoms with Gasteiger partial charge in [0.05, 0.1) is 5.56 Å². The Morgan fingerprint density at radius 3 is 2.29 bits per heavy atom. The van der Waals surface area contributed by atoms with Crippen molar-refractivity contribution in [3.05, 3.63) is 59.2 Å². The fourth-order valence-electron chi connectivity index (χ4n) is 3.95. The van der Waals surface area contributed by atoms with Crippen molar-refractivity contribution in [1.29, 1.82) is 0 Å². The summed E-state index contributed by atoms with van der Waals surface area (Å²) in [6.07, 6.45) is 0.703. The van der Waals surface area contributed by atoms with E-state index >= 15 is 0 Å². The quantitative estimate of drug-likeness (QED) is 0.607. The molecule has 0 spiro atoms. The first-order valence-electron chi connectivity index (χ1n) is 11.2. The van der Waals surface area contributed by atoms with Crippen LogP contribution in [0.5, 0.6) is 0 Å². The van der Waals surface area contributed by atoms with E-state index in [4.69, 9.17) is 9.47 Å². The maximum Gasteiger partial charge on any atom is 0.338 e. The number of hydrogen-bond acceptors (Lipinski definition) is 6. The zero-order valence-electron chi connectivity index (χ0n) is 21.1. The first kappa shape index (κ1) is 28.3. The van der Waals surface area contributed by atoms with E-state index in [1.807, 2.05) is 39.0 Å². The number of fused-ring (bicyclic) bond motifs is 1. The fraction of sp³-hybridized carbons (Fsp3) is 0.423. The Morgan fingerprint density at radius 1 is 1.03 bits per heavy atom. The number of methoxy groups -OCH3 is 1. The number of anilines is 2. The summed E-state index contributed by atoms with van der Waals surface area (Å²) in [4.78, 5) is 41.3. The largest absolute Gasteiger partial charge is 0.456 e. The van der Waals surface area contributed by atoms with Crippen molar-refractivity contribution in [3.63, 3.8) is 0 Å². The predicted octanol–water partition coefficient (Wildman–Crippen LogP) is 3.52. The SMILES string of the molecule is COCC(=O)N(C)c1cccc2c1CCNC2C(=O)N(C)c1ccc(C(=O)OC(C)(C)C)cc1.Cl. The van der Waals surface area contributed by atoms with E-state index in [1.165, 1.54) is 7.11 Å². The van der Waals surface area contributed by atoms with Crippen molar-refractivity contribution < 1.29 is 23.9 Å². The molecule has 0 radical (unpaired) electrons. The van der Waals surface area contributed by atoms with Crippen LogP contribution in [0.2, 0.25) is 0 Å². The molecule has 1 atom stereocenters. The number of nitrogens with zero attached hydrogens (tertiary/aromatic N) is 2. The average molecular weight is 504 g/mol.